The molecule has 0 radical (unpaired) electrons. The molecule has 1 aliphatic carbocycles. The topological polar surface area (TPSA) is 196 Å². The summed E-state index contributed by atoms with van der Waals surface area (Å²) in [5.74, 6) is -6.84. The highest BCUT2D eigenvalue weighted by atomic mass is 16.7. The highest BCUT2D eigenvalue weighted by Crippen LogP contribution is 2.44. The number of allylic oxidation sites excluding steroid dienone is 7. The SMILES string of the molecule is CO/C1=C/C(C)=C/[C@@H](C)[C@@H](O)[C@@H](C)C/C(C)=C/C=C/[C@H](OC)[C@@H]([C@@H](C)[C@@H](O)[C@H](C)[C@@]2(OC)C[C@@H](OC(=O)/C=C/C(=O)NC3=C(O)CCC3=O)[C@@H](C)[C@@H](C(C)C)O2)OC1=O. The monoisotopic (exact) mass is 829 g/mol. The third-order valence-corrected chi connectivity index (χ3v) is 11.8. The fourth-order valence-electron chi connectivity index (χ4n) is 8.25. The molecule has 2 heterocycles. The highest BCUT2D eigenvalue weighted by Gasteiger charge is 2.54. The lowest BCUT2D eigenvalue weighted by Crippen LogP contribution is -2.60. The van der Waals surface area contributed by atoms with Crippen LogP contribution >= 0.6 is 0 Å². The van der Waals surface area contributed by atoms with Gasteiger partial charge in [0.05, 0.1) is 25.4 Å². The number of nitrogens with one attached hydrogen (secondary N) is 1. The van der Waals surface area contributed by atoms with Gasteiger partial charge in [0.15, 0.2) is 11.6 Å². The van der Waals surface area contributed by atoms with Gasteiger partial charge in [-0.3, -0.25) is 9.59 Å². The zero-order chi connectivity index (χ0) is 44.4. The highest BCUT2D eigenvalue weighted by molar-refractivity contribution is 6.04. The van der Waals surface area contributed by atoms with Gasteiger partial charge in [0.1, 0.15) is 29.8 Å². The van der Waals surface area contributed by atoms with Gasteiger partial charge in [0.25, 0.3) is 0 Å². The van der Waals surface area contributed by atoms with Crippen molar-refractivity contribution in [1.82, 2.24) is 5.32 Å². The Bertz CT molecular complexity index is 1690. The second-order valence-corrected chi connectivity index (χ2v) is 16.7. The van der Waals surface area contributed by atoms with Gasteiger partial charge < -0.3 is 49.1 Å². The lowest BCUT2D eigenvalue weighted by molar-refractivity contribution is -0.339. The van der Waals surface area contributed by atoms with E-state index in [1.807, 2.05) is 60.6 Å². The van der Waals surface area contributed by atoms with Crippen molar-refractivity contribution in [2.24, 2.45) is 35.5 Å². The van der Waals surface area contributed by atoms with E-state index in [-0.39, 0.29) is 60.1 Å². The van der Waals surface area contributed by atoms with Crippen LogP contribution in [0.2, 0.25) is 0 Å². The van der Waals surface area contributed by atoms with Crippen LogP contribution in [0.1, 0.15) is 88.0 Å². The molecule has 1 amide bonds. The number of cyclic esters (lactones) is 1. The van der Waals surface area contributed by atoms with Crippen molar-refractivity contribution in [3.05, 3.63) is 70.9 Å². The Morgan fingerprint density at radius 2 is 1.69 bits per heavy atom. The van der Waals surface area contributed by atoms with Gasteiger partial charge in [0.2, 0.25) is 11.7 Å². The Morgan fingerprint density at radius 1 is 1.02 bits per heavy atom. The molecule has 330 valence electrons. The van der Waals surface area contributed by atoms with Crippen LogP contribution in [0.5, 0.6) is 0 Å². The molecule has 1 saturated heterocycles. The van der Waals surface area contributed by atoms with Crippen LogP contribution in [-0.4, -0.2) is 103 Å². The maximum Gasteiger partial charge on any atom is 0.373 e. The zero-order valence-corrected chi connectivity index (χ0v) is 36.7. The molecule has 0 saturated carbocycles. The molecule has 12 atom stereocenters. The van der Waals surface area contributed by atoms with Crippen molar-refractivity contribution in [2.75, 3.05) is 21.3 Å². The Morgan fingerprint density at radius 3 is 2.27 bits per heavy atom. The van der Waals surface area contributed by atoms with Crippen molar-refractivity contribution in [3.8, 4) is 0 Å². The molecular formula is C45H67NO13. The summed E-state index contributed by atoms with van der Waals surface area (Å²) >= 11 is 0. The summed E-state index contributed by atoms with van der Waals surface area (Å²) in [6.45, 7) is 17.0. The Kier molecular flexibility index (Phi) is 18.3. The van der Waals surface area contributed by atoms with E-state index in [1.165, 1.54) is 21.3 Å². The van der Waals surface area contributed by atoms with Crippen LogP contribution < -0.4 is 5.32 Å². The maximum absolute atomic E-state index is 13.8. The van der Waals surface area contributed by atoms with E-state index in [0.717, 1.165) is 17.7 Å². The summed E-state index contributed by atoms with van der Waals surface area (Å²) in [4.78, 5) is 51.4. The molecule has 0 aromatic heterocycles. The minimum Gasteiger partial charge on any atom is -0.510 e. The first-order valence-corrected chi connectivity index (χ1v) is 20.5. The van der Waals surface area contributed by atoms with E-state index >= 15 is 0 Å². The molecule has 1 fully saturated rings. The first-order chi connectivity index (χ1) is 27.7. The first-order valence-electron chi connectivity index (χ1n) is 20.5. The number of aliphatic hydroxyl groups excluding tert-OH is 3. The summed E-state index contributed by atoms with van der Waals surface area (Å²) < 4.78 is 36.3. The maximum atomic E-state index is 13.8. The lowest BCUT2D eigenvalue weighted by Gasteiger charge is -2.51. The number of aliphatic hydroxyl groups is 3. The zero-order valence-electron chi connectivity index (χ0n) is 36.7. The fourth-order valence-corrected chi connectivity index (χ4v) is 8.25. The Hall–Kier alpha value is -4.08. The number of ketones is 1. The fraction of sp³-hybridized carbons (Fsp3) is 0.644. The second kappa shape index (κ2) is 22.0. The summed E-state index contributed by atoms with van der Waals surface area (Å²) in [5.41, 5.74) is 1.53. The van der Waals surface area contributed by atoms with Gasteiger partial charge in [0, 0.05) is 69.3 Å². The van der Waals surface area contributed by atoms with Gasteiger partial charge in [-0.25, -0.2) is 9.59 Å². The quantitative estimate of drug-likeness (QED) is 0.138. The predicted octanol–water partition coefficient (Wildman–Crippen LogP) is 5.70. The van der Waals surface area contributed by atoms with E-state index in [2.05, 4.69) is 5.32 Å². The average Bonchev–Trinajstić information content (AvgIpc) is 3.51. The van der Waals surface area contributed by atoms with Gasteiger partial charge in [-0.15, -0.1) is 0 Å². The predicted molar refractivity (Wildman–Crippen MR) is 220 cm³/mol. The minimum absolute atomic E-state index is 0.00964. The van der Waals surface area contributed by atoms with Crippen molar-refractivity contribution in [3.63, 3.8) is 0 Å². The first kappa shape index (κ1) is 49.3. The van der Waals surface area contributed by atoms with Crippen LogP contribution in [0.25, 0.3) is 0 Å². The summed E-state index contributed by atoms with van der Waals surface area (Å²) in [5, 5.41) is 35.5. The molecule has 0 spiro atoms. The molecule has 14 nitrogen and oxygen atoms in total. The van der Waals surface area contributed by atoms with Crippen LogP contribution in [0, 0.1) is 35.5 Å². The number of hydrogen-bond acceptors (Lipinski definition) is 13. The Balaban J connectivity index is 1.96. The number of rotatable bonds is 12. The number of carbonyl (C=O) groups excluding carboxylic acids is 4. The third kappa shape index (κ3) is 12.7. The van der Waals surface area contributed by atoms with Crippen LogP contribution in [-0.2, 0) is 47.6 Å². The van der Waals surface area contributed by atoms with Crippen molar-refractivity contribution >= 4 is 23.6 Å². The molecule has 4 N–H and O–H groups in total. The number of esters is 2. The molecule has 0 aromatic rings. The van der Waals surface area contributed by atoms with Gasteiger partial charge >= 0.3 is 11.9 Å². The number of amides is 1. The summed E-state index contributed by atoms with van der Waals surface area (Å²) in [6, 6.07) is 0. The summed E-state index contributed by atoms with van der Waals surface area (Å²) in [7, 11) is 4.29. The van der Waals surface area contributed by atoms with E-state index in [0.29, 0.717) is 12.0 Å². The molecule has 0 bridgehead atoms. The molecule has 14 heteroatoms. The second-order valence-electron chi connectivity index (χ2n) is 16.7. The molecule has 3 rings (SSSR count). The third-order valence-electron chi connectivity index (χ3n) is 11.8. The van der Waals surface area contributed by atoms with Crippen LogP contribution in [0.4, 0.5) is 0 Å². The van der Waals surface area contributed by atoms with Gasteiger partial charge in [-0.1, -0.05) is 83.9 Å². The molecule has 3 aliphatic rings. The molecule has 0 aromatic carbocycles. The molecule has 59 heavy (non-hydrogen) atoms. The van der Waals surface area contributed by atoms with Crippen molar-refractivity contribution in [2.45, 2.75) is 130 Å². The average molecular weight is 830 g/mol. The summed E-state index contributed by atoms with van der Waals surface area (Å²) in [6.07, 6.45) is 6.62. The lowest BCUT2D eigenvalue weighted by atomic mass is 9.76. The molecular weight excluding hydrogens is 762 g/mol. The number of ether oxygens (including phenoxy) is 6. The van der Waals surface area contributed by atoms with Crippen LogP contribution in [0.15, 0.2) is 70.9 Å². The number of methoxy groups -OCH3 is 3. The van der Waals surface area contributed by atoms with Crippen molar-refractivity contribution < 1.29 is 62.9 Å². The van der Waals surface area contributed by atoms with Gasteiger partial charge in [-0.05, 0) is 38.2 Å². The van der Waals surface area contributed by atoms with E-state index in [4.69, 9.17) is 28.4 Å². The smallest absolute Gasteiger partial charge is 0.373 e. The standard InChI is InChI=1S/C45H67NO13/c1-24(2)42-29(7)36(57-38(50)19-18-37(49)46-39-32(47)16-17-33(39)48)23-45(56-12,59-42)31(9)41(52)30(8)43-34(54-10)15-13-14-25(3)20-27(5)40(51)28(6)21-26(4)22-35(55-11)44(53)58-43/h13-15,18-19,21-22,24,27-31,34,36,40-43,47,51-52H,16-17,20,23H2,1-12H3,(H,46,49)/b15-13+,19-18+,25-14+,26-21+,35-22+/t27-,28+,29+,30-,31-,34-,36+,40-,41+,42+,43+,45+/m0/s1. The van der Waals surface area contributed by atoms with Crippen LogP contribution in [0.3, 0.4) is 0 Å². The molecule has 2 aliphatic heterocycles. The van der Waals surface area contributed by atoms with Crippen molar-refractivity contribution in [1.29, 1.82) is 0 Å². The largest absolute Gasteiger partial charge is 0.510 e. The van der Waals surface area contributed by atoms with E-state index in [9.17, 15) is 34.5 Å². The number of carbonyl (C=O) groups is 4. The number of hydrogen-bond donors (Lipinski definition) is 4. The van der Waals surface area contributed by atoms with E-state index in [1.54, 1.807) is 32.1 Å². The van der Waals surface area contributed by atoms with E-state index < -0.39 is 77.9 Å². The normalized spacial score (nSPS) is 35.1. The molecule has 0 unspecified atom stereocenters. The van der Waals surface area contributed by atoms with Gasteiger partial charge in [-0.2, -0.15) is 0 Å². The Labute approximate surface area is 349 Å². The number of Topliss-reactive ketones (excluding diaryl/α,β-unsaturated/α-hetero) is 1. The minimum atomic E-state index is -1.49.